The topological polar surface area (TPSA) is 92.4 Å². The lowest BCUT2D eigenvalue weighted by molar-refractivity contribution is 0.188. The molecule has 0 spiro atoms. The Labute approximate surface area is 176 Å². The number of anilines is 1. The number of nitrogens with one attached hydrogen (secondary N) is 1. The minimum absolute atomic E-state index is 0.162. The lowest BCUT2D eigenvalue weighted by Crippen LogP contribution is -2.48. The van der Waals surface area contributed by atoms with Crippen molar-refractivity contribution < 1.29 is 14.3 Å². The Hall–Kier alpha value is -3.07. The van der Waals surface area contributed by atoms with Gasteiger partial charge in [0.1, 0.15) is 11.3 Å². The summed E-state index contributed by atoms with van der Waals surface area (Å²) in [7, 11) is 1.65. The highest BCUT2D eigenvalue weighted by molar-refractivity contribution is 6.31. The SMILES string of the molecule is Cn1ccc2nc(N3CCC[C@@H](NC(=O)O)C3)n(Cc3cc(F)ccc3Cl)c2c1=O. The standard InChI is InChI=1S/C20H21ClFN5O3/c1-25-8-6-16-17(18(25)28)27(10-12-9-13(22)4-5-15(12)21)19(24-16)26-7-2-3-14(11-26)23-20(29)30/h4-6,8-9,14,23H,2-3,7,10-11H2,1H3,(H,29,30)/t14-/m1/s1. The van der Waals surface area contributed by atoms with Gasteiger partial charge in [-0.25, -0.2) is 14.2 Å². The number of imidazole rings is 1. The molecule has 30 heavy (non-hydrogen) atoms. The Morgan fingerprint density at radius 2 is 2.20 bits per heavy atom. The molecule has 1 aliphatic heterocycles. The summed E-state index contributed by atoms with van der Waals surface area (Å²) in [6.07, 6.45) is 2.06. The number of nitrogens with zero attached hydrogens (tertiary/aromatic N) is 4. The Balaban J connectivity index is 1.82. The third kappa shape index (κ3) is 3.85. The fraction of sp³-hybridized carbons (Fsp3) is 0.350. The molecule has 0 radical (unpaired) electrons. The summed E-state index contributed by atoms with van der Waals surface area (Å²) in [6.45, 7) is 1.25. The molecule has 1 fully saturated rings. The van der Waals surface area contributed by atoms with Gasteiger partial charge in [0.25, 0.3) is 5.56 Å². The van der Waals surface area contributed by atoms with Crippen LogP contribution in [-0.2, 0) is 13.6 Å². The fourth-order valence-electron chi connectivity index (χ4n) is 3.89. The number of halogens is 2. The lowest BCUT2D eigenvalue weighted by atomic mass is 10.1. The van der Waals surface area contributed by atoms with Crippen LogP contribution in [0.3, 0.4) is 0 Å². The van der Waals surface area contributed by atoms with Crippen molar-refractivity contribution in [2.75, 3.05) is 18.0 Å². The smallest absolute Gasteiger partial charge is 0.404 e. The molecule has 2 aromatic heterocycles. The van der Waals surface area contributed by atoms with Crippen molar-refractivity contribution in [3.8, 4) is 0 Å². The molecule has 3 aromatic rings. The Morgan fingerprint density at radius 3 is 2.97 bits per heavy atom. The number of rotatable bonds is 4. The van der Waals surface area contributed by atoms with E-state index in [1.165, 1.54) is 22.8 Å². The maximum Gasteiger partial charge on any atom is 0.404 e. The Kier molecular flexibility index (Phi) is 5.38. The number of aryl methyl sites for hydroxylation is 1. The van der Waals surface area contributed by atoms with Gasteiger partial charge in [-0.1, -0.05) is 11.6 Å². The van der Waals surface area contributed by atoms with E-state index in [-0.39, 0.29) is 18.1 Å². The number of benzene rings is 1. The lowest BCUT2D eigenvalue weighted by Gasteiger charge is -2.33. The number of carbonyl (C=O) groups is 1. The summed E-state index contributed by atoms with van der Waals surface area (Å²) < 4.78 is 17.0. The minimum atomic E-state index is -1.07. The second kappa shape index (κ2) is 7.98. The van der Waals surface area contributed by atoms with E-state index in [1.807, 2.05) is 4.90 Å². The molecular weight excluding hydrogens is 413 g/mol. The number of aromatic nitrogens is 3. The average molecular weight is 434 g/mol. The number of hydrogen-bond donors (Lipinski definition) is 2. The fourth-order valence-corrected chi connectivity index (χ4v) is 4.07. The molecule has 1 atom stereocenters. The van der Waals surface area contributed by atoms with Crippen LogP contribution < -0.4 is 15.8 Å². The van der Waals surface area contributed by atoms with E-state index in [2.05, 4.69) is 10.3 Å². The van der Waals surface area contributed by atoms with Crippen molar-refractivity contribution in [1.82, 2.24) is 19.4 Å². The van der Waals surface area contributed by atoms with E-state index in [0.717, 1.165) is 12.8 Å². The van der Waals surface area contributed by atoms with E-state index in [4.69, 9.17) is 16.7 Å². The number of fused-ring (bicyclic) bond motifs is 1. The number of pyridine rings is 1. The van der Waals surface area contributed by atoms with Crippen LogP contribution >= 0.6 is 11.6 Å². The molecule has 1 aromatic carbocycles. The second-order valence-corrected chi connectivity index (χ2v) is 7.84. The predicted molar refractivity (Wildman–Crippen MR) is 112 cm³/mol. The molecule has 1 amide bonds. The molecule has 8 nitrogen and oxygen atoms in total. The zero-order chi connectivity index (χ0) is 21.4. The van der Waals surface area contributed by atoms with Crippen LogP contribution in [0, 0.1) is 5.82 Å². The first kappa shape index (κ1) is 20.2. The van der Waals surface area contributed by atoms with E-state index in [0.29, 0.717) is 40.7 Å². The van der Waals surface area contributed by atoms with Crippen molar-refractivity contribution in [2.24, 2.45) is 7.05 Å². The molecule has 10 heteroatoms. The van der Waals surface area contributed by atoms with Gasteiger partial charge in [-0.15, -0.1) is 0 Å². The van der Waals surface area contributed by atoms with Crippen LogP contribution in [0.2, 0.25) is 5.02 Å². The largest absolute Gasteiger partial charge is 0.465 e. The summed E-state index contributed by atoms with van der Waals surface area (Å²) in [5.41, 5.74) is 1.22. The number of hydrogen-bond acceptors (Lipinski definition) is 4. The third-order valence-electron chi connectivity index (χ3n) is 5.32. The van der Waals surface area contributed by atoms with Crippen LogP contribution in [0.1, 0.15) is 18.4 Å². The van der Waals surface area contributed by atoms with Crippen molar-refractivity contribution >= 4 is 34.7 Å². The van der Waals surface area contributed by atoms with Gasteiger partial charge in [-0.3, -0.25) is 4.79 Å². The Bertz CT molecular complexity index is 1180. The van der Waals surface area contributed by atoms with Gasteiger partial charge in [-0.05, 0) is 42.7 Å². The second-order valence-electron chi connectivity index (χ2n) is 7.43. The molecular formula is C20H21ClFN5O3. The van der Waals surface area contributed by atoms with Crippen LogP contribution in [0.15, 0.2) is 35.3 Å². The van der Waals surface area contributed by atoms with Crippen LogP contribution in [0.4, 0.5) is 15.1 Å². The minimum Gasteiger partial charge on any atom is -0.465 e. The van der Waals surface area contributed by atoms with E-state index >= 15 is 0 Å². The number of piperidine rings is 1. The van der Waals surface area contributed by atoms with Crippen LogP contribution in [-0.4, -0.2) is 44.4 Å². The van der Waals surface area contributed by atoms with E-state index in [1.54, 1.807) is 23.9 Å². The summed E-state index contributed by atoms with van der Waals surface area (Å²) in [5.74, 6) is 0.113. The van der Waals surface area contributed by atoms with Crippen molar-refractivity contribution in [1.29, 1.82) is 0 Å². The summed E-state index contributed by atoms with van der Waals surface area (Å²) in [5, 5.41) is 12.0. The monoisotopic (exact) mass is 433 g/mol. The Morgan fingerprint density at radius 1 is 1.40 bits per heavy atom. The first-order valence-corrected chi connectivity index (χ1v) is 9.95. The van der Waals surface area contributed by atoms with Crippen LogP contribution in [0.25, 0.3) is 11.0 Å². The summed E-state index contributed by atoms with van der Waals surface area (Å²) in [6, 6.07) is 5.61. The molecule has 2 N–H and O–H groups in total. The van der Waals surface area contributed by atoms with Crippen molar-refractivity contribution in [3.63, 3.8) is 0 Å². The first-order chi connectivity index (χ1) is 14.3. The highest BCUT2D eigenvalue weighted by Crippen LogP contribution is 2.27. The maximum absolute atomic E-state index is 13.8. The molecule has 1 aliphatic rings. The first-order valence-electron chi connectivity index (χ1n) is 9.57. The van der Waals surface area contributed by atoms with Gasteiger partial charge in [0, 0.05) is 37.4 Å². The third-order valence-corrected chi connectivity index (χ3v) is 5.69. The summed E-state index contributed by atoms with van der Waals surface area (Å²) in [4.78, 5) is 30.6. The average Bonchev–Trinajstić information content (AvgIpc) is 3.06. The predicted octanol–water partition coefficient (Wildman–Crippen LogP) is 2.81. The number of carboxylic acid groups (broad SMARTS) is 1. The molecule has 0 aliphatic carbocycles. The molecule has 0 unspecified atom stereocenters. The van der Waals surface area contributed by atoms with Gasteiger partial charge in [0.2, 0.25) is 5.95 Å². The van der Waals surface area contributed by atoms with Crippen molar-refractivity contribution in [2.45, 2.75) is 25.4 Å². The molecule has 1 saturated heterocycles. The van der Waals surface area contributed by atoms with Gasteiger partial charge < -0.3 is 24.5 Å². The normalized spacial score (nSPS) is 16.8. The quantitative estimate of drug-likeness (QED) is 0.660. The van der Waals surface area contributed by atoms with Gasteiger partial charge in [0.15, 0.2) is 0 Å². The van der Waals surface area contributed by atoms with E-state index < -0.39 is 11.9 Å². The van der Waals surface area contributed by atoms with E-state index in [9.17, 15) is 14.0 Å². The van der Waals surface area contributed by atoms with Crippen LogP contribution in [0.5, 0.6) is 0 Å². The zero-order valence-corrected chi connectivity index (χ0v) is 17.1. The zero-order valence-electron chi connectivity index (χ0n) is 16.3. The van der Waals surface area contributed by atoms with Gasteiger partial charge >= 0.3 is 6.09 Å². The molecule has 4 rings (SSSR count). The van der Waals surface area contributed by atoms with Crippen molar-refractivity contribution in [3.05, 3.63) is 57.2 Å². The highest BCUT2D eigenvalue weighted by atomic mass is 35.5. The number of amides is 1. The molecule has 3 heterocycles. The van der Waals surface area contributed by atoms with Gasteiger partial charge in [0.05, 0.1) is 12.1 Å². The highest BCUT2D eigenvalue weighted by Gasteiger charge is 2.26. The molecule has 0 saturated carbocycles. The molecule has 158 valence electrons. The summed E-state index contributed by atoms with van der Waals surface area (Å²) >= 11 is 6.28. The molecule has 0 bridgehead atoms. The van der Waals surface area contributed by atoms with Gasteiger partial charge in [-0.2, -0.15) is 0 Å². The maximum atomic E-state index is 13.8.